The van der Waals surface area contributed by atoms with Gasteiger partial charge in [-0.25, -0.2) is 14.5 Å². The number of urea groups is 1. The molecule has 4 aromatic rings. The van der Waals surface area contributed by atoms with Crippen molar-refractivity contribution in [2.24, 2.45) is 5.10 Å². The number of rotatable bonds is 3. The molecule has 0 spiro atoms. The van der Waals surface area contributed by atoms with E-state index in [4.69, 9.17) is 9.62 Å². The Balaban J connectivity index is 1.66. The summed E-state index contributed by atoms with van der Waals surface area (Å²) in [5, 5.41) is 17.9. The smallest absolute Gasteiger partial charge is 0.337 e. The van der Waals surface area contributed by atoms with Gasteiger partial charge in [0.15, 0.2) is 0 Å². The van der Waals surface area contributed by atoms with E-state index in [1.807, 2.05) is 63.6 Å². The molecule has 0 saturated heterocycles. The van der Waals surface area contributed by atoms with Crippen LogP contribution in [0.25, 0.3) is 16.8 Å². The fraction of sp³-hybridized carbons (Fsp3) is 0.286. The fourth-order valence-corrected chi connectivity index (χ4v) is 4.91. The predicted molar refractivity (Wildman–Crippen MR) is 140 cm³/mol. The fourth-order valence-electron chi connectivity index (χ4n) is 4.91. The minimum absolute atomic E-state index is 0.109. The Morgan fingerprint density at radius 1 is 1.03 bits per heavy atom. The van der Waals surface area contributed by atoms with Crippen molar-refractivity contribution in [2.45, 2.75) is 47.1 Å². The van der Waals surface area contributed by atoms with Crippen molar-refractivity contribution in [3.63, 3.8) is 0 Å². The monoisotopic (exact) mass is 482 g/mol. The van der Waals surface area contributed by atoms with Crippen LogP contribution in [0.4, 0.5) is 4.79 Å². The van der Waals surface area contributed by atoms with Crippen molar-refractivity contribution < 1.29 is 9.32 Å². The number of nitrogens with one attached hydrogen (secondary N) is 1. The van der Waals surface area contributed by atoms with Crippen LogP contribution in [-0.4, -0.2) is 44.8 Å². The van der Waals surface area contributed by atoms with Crippen LogP contribution in [0, 0.1) is 27.7 Å². The van der Waals surface area contributed by atoms with Gasteiger partial charge in [0.2, 0.25) is 0 Å². The Morgan fingerprint density at radius 2 is 1.75 bits per heavy atom. The lowest BCUT2D eigenvalue weighted by molar-refractivity contribution is 0.184. The lowest BCUT2D eigenvalue weighted by atomic mass is 9.93. The molecule has 1 aliphatic heterocycles. The molecule has 8 heteroatoms. The predicted octanol–water partition coefficient (Wildman–Crippen LogP) is 5.10. The van der Waals surface area contributed by atoms with Gasteiger partial charge in [-0.15, -0.1) is 0 Å². The van der Waals surface area contributed by atoms with Crippen molar-refractivity contribution in [2.75, 3.05) is 7.05 Å². The van der Waals surface area contributed by atoms with Crippen molar-refractivity contribution in [3.05, 3.63) is 88.1 Å². The largest absolute Gasteiger partial charge is 0.361 e. The number of hydrogen-bond acceptors (Lipinski definition) is 5. The number of fused-ring (bicyclic) bond motifs is 1. The highest BCUT2D eigenvalue weighted by atomic mass is 16.5. The topological polar surface area (TPSA) is 88.5 Å². The number of hydrogen-bond donors (Lipinski definition) is 1. The standard InChI is InChI=1S/C28H30N6O2/c1-16-13-17(2)33(30-16)24-12-11-23-14-18(3)34(28(35)29-6)31-27(25(23)15-24)22-9-7-21(8-10-22)26-19(4)32-36-20(26)5/h7-13,15,18H,14H2,1-6H3,(H,29,35). The summed E-state index contributed by atoms with van der Waals surface area (Å²) in [6.45, 7) is 9.90. The summed E-state index contributed by atoms with van der Waals surface area (Å²) in [5.74, 6) is 0.784. The van der Waals surface area contributed by atoms with Gasteiger partial charge in [0.25, 0.3) is 0 Å². The van der Waals surface area contributed by atoms with E-state index in [9.17, 15) is 4.79 Å². The molecule has 5 rings (SSSR count). The first-order chi connectivity index (χ1) is 17.3. The van der Waals surface area contributed by atoms with E-state index in [1.54, 1.807) is 12.1 Å². The van der Waals surface area contributed by atoms with Crippen LogP contribution in [0.15, 0.2) is 58.2 Å². The van der Waals surface area contributed by atoms with Gasteiger partial charge in [0, 0.05) is 29.4 Å². The van der Waals surface area contributed by atoms with Crippen molar-refractivity contribution in [1.29, 1.82) is 0 Å². The highest BCUT2D eigenvalue weighted by molar-refractivity contribution is 6.14. The number of aryl methyl sites for hydroxylation is 4. The van der Waals surface area contributed by atoms with Gasteiger partial charge in [-0.05, 0) is 70.4 Å². The van der Waals surface area contributed by atoms with Crippen LogP contribution >= 0.6 is 0 Å². The second-order valence-electron chi connectivity index (χ2n) is 9.36. The number of carbonyl (C=O) groups excluding carboxylic acids is 1. The maximum Gasteiger partial charge on any atom is 0.337 e. The molecule has 36 heavy (non-hydrogen) atoms. The van der Waals surface area contributed by atoms with Gasteiger partial charge >= 0.3 is 6.03 Å². The van der Waals surface area contributed by atoms with E-state index in [1.165, 1.54) is 0 Å². The summed E-state index contributed by atoms with van der Waals surface area (Å²) < 4.78 is 7.30. The molecule has 184 valence electrons. The third-order valence-electron chi connectivity index (χ3n) is 6.65. The summed E-state index contributed by atoms with van der Waals surface area (Å²) in [6, 6.07) is 16.2. The number of carbonyl (C=O) groups is 1. The van der Waals surface area contributed by atoms with E-state index in [0.717, 1.165) is 62.1 Å². The zero-order valence-corrected chi connectivity index (χ0v) is 21.5. The van der Waals surface area contributed by atoms with Gasteiger partial charge < -0.3 is 9.84 Å². The molecule has 1 N–H and O–H groups in total. The molecule has 1 aliphatic rings. The number of nitrogens with zero attached hydrogens (tertiary/aromatic N) is 5. The minimum atomic E-state index is -0.237. The first kappa shape index (κ1) is 23.5. The number of benzene rings is 2. The third-order valence-corrected chi connectivity index (χ3v) is 6.65. The van der Waals surface area contributed by atoms with Gasteiger partial charge in [0.1, 0.15) is 5.76 Å². The number of hydrazone groups is 1. The Kier molecular flexibility index (Phi) is 5.96. The van der Waals surface area contributed by atoms with E-state index in [0.29, 0.717) is 6.42 Å². The van der Waals surface area contributed by atoms with E-state index in [2.05, 4.69) is 39.8 Å². The van der Waals surface area contributed by atoms with Gasteiger partial charge in [0.05, 0.1) is 28.8 Å². The van der Waals surface area contributed by atoms with Crippen LogP contribution in [-0.2, 0) is 6.42 Å². The normalized spacial score (nSPS) is 15.3. The first-order valence-electron chi connectivity index (χ1n) is 12.1. The summed E-state index contributed by atoms with van der Waals surface area (Å²) >= 11 is 0. The summed E-state index contributed by atoms with van der Waals surface area (Å²) in [4.78, 5) is 12.8. The van der Waals surface area contributed by atoms with Gasteiger partial charge in [-0.2, -0.15) is 10.2 Å². The van der Waals surface area contributed by atoms with E-state index in [-0.39, 0.29) is 12.1 Å². The van der Waals surface area contributed by atoms with Crippen LogP contribution in [0.3, 0.4) is 0 Å². The molecule has 2 amide bonds. The van der Waals surface area contributed by atoms with Crippen molar-refractivity contribution in [1.82, 2.24) is 25.3 Å². The molecular weight excluding hydrogens is 452 g/mol. The van der Waals surface area contributed by atoms with Gasteiger partial charge in [-0.1, -0.05) is 35.5 Å². The van der Waals surface area contributed by atoms with Crippen LogP contribution < -0.4 is 5.32 Å². The lowest BCUT2D eigenvalue weighted by Crippen LogP contribution is -2.41. The molecule has 0 saturated carbocycles. The SMILES string of the molecule is CNC(=O)N1N=C(c2ccc(-c3c(C)noc3C)cc2)c2cc(-n3nc(C)cc3C)ccc2CC1C. The Bertz CT molecular complexity index is 1460. The highest BCUT2D eigenvalue weighted by Crippen LogP contribution is 2.30. The Labute approximate surface area is 210 Å². The molecule has 3 heterocycles. The molecule has 0 fully saturated rings. The van der Waals surface area contributed by atoms with E-state index >= 15 is 0 Å². The quantitative estimate of drug-likeness (QED) is 0.440. The van der Waals surface area contributed by atoms with Crippen LogP contribution in [0.2, 0.25) is 0 Å². The van der Waals surface area contributed by atoms with Crippen molar-refractivity contribution in [3.8, 4) is 16.8 Å². The molecule has 0 bridgehead atoms. The third kappa shape index (κ3) is 4.08. The summed E-state index contributed by atoms with van der Waals surface area (Å²) in [7, 11) is 1.63. The molecule has 8 nitrogen and oxygen atoms in total. The maximum absolute atomic E-state index is 12.8. The molecule has 0 aliphatic carbocycles. The van der Waals surface area contributed by atoms with Crippen LogP contribution in [0.5, 0.6) is 0 Å². The second kappa shape index (κ2) is 9.11. The Morgan fingerprint density at radius 3 is 2.36 bits per heavy atom. The lowest BCUT2D eigenvalue weighted by Gasteiger charge is -2.22. The van der Waals surface area contributed by atoms with Crippen LogP contribution in [0.1, 0.15) is 46.5 Å². The minimum Gasteiger partial charge on any atom is -0.361 e. The zero-order chi connectivity index (χ0) is 25.6. The number of amides is 2. The molecular formula is C28H30N6O2. The zero-order valence-electron chi connectivity index (χ0n) is 21.5. The molecule has 2 aromatic heterocycles. The Hall–Kier alpha value is -4.20. The van der Waals surface area contributed by atoms with Gasteiger partial charge in [-0.3, -0.25) is 0 Å². The maximum atomic E-state index is 12.8. The molecule has 1 atom stereocenters. The molecule has 2 aromatic carbocycles. The number of aromatic nitrogens is 3. The summed E-state index contributed by atoms with van der Waals surface area (Å²) in [6.07, 6.45) is 0.685. The highest BCUT2D eigenvalue weighted by Gasteiger charge is 2.27. The second-order valence-corrected chi connectivity index (χ2v) is 9.36. The molecule has 1 unspecified atom stereocenters. The summed E-state index contributed by atoms with van der Waals surface area (Å²) in [5.41, 5.74) is 9.64. The van der Waals surface area contributed by atoms with E-state index < -0.39 is 0 Å². The molecule has 0 radical (unpaired) electrons. The first-order valence-corrected chi connectivity index (χ1v) is 12.1. The van der Waals surface area contributed by atoms with Crippen molar-refractivity contribution >= 4 is 11.7 Å². The average molecular weight is 483 g/mol. The average Bonchev–Trinajstić information content (AvgIpc) is 3.33.